The first kappa shape index (κ1) is 23.0. The fourth-order valence-electron chi connectivity index (χ4n) is 3.70. The highest BCUT2D eigenvalue weighted by atomic mass is 35.5. The van der Waals surface area contributed by atoms with Gasteiger partial charge in [0.25, 0.3) is 5.91 Å². The number of amides is 2. The summed E-state index contributed by atoms with van der Waals surface area (Å²) in [6.45, 7) is 3.15. The van der Waals surface area contributed by atoms with Crippen LogP contribution in [0.4, 0.5) is 15.8 Å². The van der Waals surface area contributed by atoms with Gasteiger partial charge in [-0.15, -0.1) is 0 Å². The van der Waals surface area contributed by atoms with E-state index in [0.29, 0.717) is 32.7 Å². The van der Waals surface area contributed by atoms with Gasteiger partial charge in [-0.05, 0) is 61.9 Å². The van der Waals surface area contributed by atoms with Crippen LogP contribution in [-0.4, -0.2) is 30.1 Å². The predicted octanol–water partition coefficient (Wildman–Crippen LogP) is 5.65. The Kier molecular flexibility index (Phi) is 6.49. The number of anilines is 2. The second-order valence-corrected chi connectivity index (χ2v) is 8.52. The molecule has 1 atom stereocenters. The molecule has 0 saturated heterocycles. The van der Waals surface area contributed by atoms with E-state index in [-0.39, 0.29) is 18.0 Å². The Bertz CT molecular complexity index is 1290. The van der Waals surface area contributed by atoms with Crippen molar-refractivity contribution < 1.29 is 14.0 Å². The summed E-state index contributed by atoms with van der Waals surface area (Å²) in [7, 11) is 0. The van der Waals surface area contributed by atoms with Crippen LogP contribution in [0.2, 0.25) is 10.0 Å². The first-order valence-corrected chi connectivity index (χ1v) is 11.0. The fraction of sp³-hybridized carbons (Fsp3) is 0.160. The van der Waals surface area contributed by atoms with E-state index in [1.165, 1.54) is 11.0 Å². The topological polar surface area (TPSA) is 61.8 Å². The van der Waals surface area contributed by atoms with Crippen molar-refractivity contribution in [2.75, 3.05) is 16.8 Å². The van der Waals surface area contributed by atoms with Crippen LogP contribution in [0.5, 0.6) is 0 Å². The largest absolute Gasteiger partial charge is 0.324 e. The van der Waals surface area contributed by atoms with E-state index in [2.05, 4.69) is 10.3 Å². The Morgan fingerprint density at radius 1 is 1.09 bits per heavy atom. The SMILES string of the molecule is Cc1c(Cl)cccc1NC(=O)CN1C(=O)[C@H](C)N=C(c2ccccc2F)c2cc(Cl)ccc21. The van der Waals surface area contributed by atoms with Crippen molar-refractivity contribution in [2.45, 2.75) is 19.9 Å². The predicted molar refractivity (Wildman–Crippen MR) is 130 cm³/mol. The molecule has 5 nitrogen and oxygen atoms in total. The van der Waals surface area contributed by atoms with Crippen molar-refractivity contribution in [3.8, 4) is 0 Å². The summed E-state index contributed by atoms with van der Waals surface area (Å²) in [5.41, 5.74) is 2.73. The second-order valence-electron chi connectivity index (χ2n) is 7.68. The molecule has 8 heteroatoms. The molecule has 4 rings (SSSR count). The zero-order valence-electron chi connectivity index (χ0n) is 17.9. The Hall–Kier alpha value is -3.22. The Morgan fingerprint density at radius 2 is 1.85 bits per heavy atom. The van der Waals surface area contributed by atoms with E-state index in [0.717, 1.165) is 5.56 Å². The molecule has 0 unspecified atom stereocenters. The molecular weight excluding hydrogens is 464 g/mol. The smallest absolute Gasteiger partial charge is 0.252 e. The molecular formula is C25H20Cl2FN3O2. The summed E-state index contributed by atoms with van der Waals surface area (Å²) in [4.78, 5) is 32.0. The highest BCUT2D eigenvalue weighted by Crippen LogP contribution is 2.32. The maximum Gasteiger partial charge on any atom is 0.252 e. The summed E-state index contributed by atoms with van der Waals surface area (Å²) in [5.74, 6) is -1.26. The summed E-state index contributed by atoms with van der Waals surface area (Å²) in [6.07, 6.45) is 0. The Labute approximate surface area is 200 Å². The normalized spacial score (nSPS) is 15.5. The average molecular weight is 484 g/mol. The summed E-state index contributed by atoms with van der Waals surface area (Å²) >= 11 is 12.4. The van der Waals surface area contributed by atoms with Crippen molar-refractivity contribution in [1.29, 1.82) is 0 Å². The number of rotatable bonds is 4. The number of carbonyl (C=O) groups is 2. The van der Waals surface area contributed by atoms with Gasteiger partial charge in [0.2, 0.25) is 5.91 Å². The molecule has 1 aliphatic heterocycles. The van der Waals surface area contributed by atoms with Gasteiger partial charge in [-0.2, -0.15) is 0 Å². The standard InChI is InChI=1S/C25H20Cl2FN3O2/c1-14-19(27)7-5-9-21(14)30-23(32)13-31-22-11-10-16(26)12-18(22)24(29-15(2)25(31)33)17-6-3-4-8-20(17)28/h3-12,15H,13H2,1-2H3,(H,30,32)/t15-/m0/s1. The highest BCUT2D eigenvalue weighted by molar-refractivity contribution is 6.32. The molecule has 2 amide bonds. The van der Waals surface area contributed by atoms with Gasteiger partial charge in [0, 0.05) is 26.9 Å². The highest BCUT2D eigenvalue weighted by Gasteiger charge is 2.32. The van der Waals surface area contributed by atoms with Crippen LogP contribution >= 0.6 is 23.2 Å². The van der Waals surface area contributed by atoms with Gasteiger partial charge >= 0.3 is 0 Å². The van der Waals surface area contributed by atoms with Crippen molar-refractivity contribution in [2.24, 2.45) is 4.99 Å². The molecule has 0 fully saturated rings. The number of halogens is 3. The summed E-state index contributed by atoms with van der Waals surface area (Å²) in [6, 6.07) is 15.4. The van der Waals surface area contributed by atoms with Gasteiger partial charge in [0.05, 0.1) is 11.4 Å². The molecule has 0 radical (unpaired) electrons. The lowest BCUT2D eigenvalue weighted by molar-refractivity contribution is -0.122. The van der Waals surface area contributed by atoms with Gasteiger partial charge in [0.1, 0.15) is 18.4 Å². The molecule has 0 saturated carbocycles. The van der Waals surface area contributed by atoms with Crippen LogP contribution < -0.4 is 10.2 Å². The van der Waals surface area contributed by atoms with Crippen LogP contribution in [0, 0.1) is 12.7 Å². The number of nitrogens with one attached hydrogen (secondary N) is 1. The van der Waals surface area contributed by atoms with E-state index in [9.17, 15) is 14.0 Å². The number of fused-ring (bicyclic) bond motifs is 1. The first-order chi connectivity index (χ1) is 15.8. The third-order valence-electron chi connectivity index (χ3n) is 5.42. The molecule has 3 aromatic carbocycles. The number of nitrogens with zero attached hydrogens (tertiary/aromatic N) is 2. The van der Waals surface area contributed by atoms with Gasteiger partial charge in [-0.3, -0.25) is 14.6 Å². The zero-order valence-corrected chi connectivity index (χ0v) is 19.4. The lowest BCUT2D eigenvalue weighted by Crippen LogP contribution is -2.42. The zero-order chi connectivity index (χ0) is 23.7. The minimum Gasteiger partial charge on any atom is -0.324 e. The van der Waals surface area contributed by atoms with Crippen molar-refractivity contribution >= 4 is 52.1 Å². The van der Waals surface area contributed by atoms with Gasteiger partial charge in [-0.25, -0.2) is 4.39 Å². The van der Waals surface area contributed by atoms with Crippen LogP contribution in [0.1, 0.15) is 23.6 Å². The van der Waals surface area contributed by atoms with E-state index in [4.69, 9.17) is 23.2 Å². The van der Waals surface area contributed by atoms with Crippen molar-refractivity contribution in [3.63, 3.8) is 0 Å². The van der Waals surface area contributed by atoms with E-state index >= 15 is 0 Å². The second kappa shape index (κ2) is 9.33. The third kappa shape index (κ3) is 4.63. The molecule has 0 bridgehead atoms. The number of aliphatic imine (C=N–C) groups is 1. The quantitative estimate of drug-likeness (QED) is 0.520. The van der Waals surface area contributed by atoms with Crippen molar-refractivity contribution in [1.82, 2.24) is 0 Å². The molecule has 168 valence electrons. The van der Waals surface area contributed by atoms with Crippen LogP contribution in [0.3, 0.4) is 0 Å². The molecule has 0 aromatic heterocycles. The molecule has 1 aliphatic rings. The number of hydrogen-bond acceptors (Lipinski definition) is 3. The Morgan fingerprint density at radius 3 is 2.61 bits per heavy atom. The minimum atomic E-state index is -0.841. The van der Waals surface area contributed by atoms with Crippen molar-refractivity contribution in [3.05, 3.63) is 93.2 Å². The lowest BCUT2D eigenvalue weighted by Gasteiger charge is -2.24. The monoisotopic (exact) mass is 483 g/mol. The maximum absolute atomic E-state index is 14.7. The van der Waals surface area contributed by atoms with Crippen LogP contribution in [0.25, 0.3) is 0 Å². The maximum atomic E-state index is 14.7. The molecule has 1 heterocycles. The third-order valence-corrected chi connectivity index (χ3v) is 6.07. The fourth-order valence-corrected chi connectivity index (χ4v) is 4.05. The van der Waals surface area contributed by atoms with Crippen LogP contribution in [-0.2, 0) is 9.59 Å². The average Bonchev–Trinajstić information content (AvgIpc) is 2.87. The molecule has 0 aliphatic carbocycles. The molecule has 33 heavy (non-hydrogen) atoms. The van der Waals surface area contributed by atoms with E-state index in [1.807, 2.05) is 0 Å². The summed E-state index contributed by atoms with van der Waals surface area (Å²) < 4.78 is 14.7. The minimum absolute atomic E-state index is 0.251. The van der Waals surface area contributed by atoms with Gasteiger partial charge in [-0.1, -0.05) is 41.4 Å². The van der Waals surface area contributed by atoms with Crippen LogP contribution in [0.15, 0.2) is 65.7 Å². The Balaban J connectivity index is 1.74. The lowest BCUT2D eigenvalue weighted by atomic mass is 9.99. The number of benzene rings is 3. The number of hydrogen-bond donors (Lipinski definition) is 1. The van der Waals surface area contributed by atoms with E-state index in [1.54, 1.807) is 68.4 Å². The molecule has 3 aromatic rings. The molecule has 0 spiro atoms. The van der Waals surface area contributed by atoms with E-state index < -0.39 is 17.8 Å². The first-order valence-electron chi connectivity index (χ1n) is 10.2. The number of carbonyl (C=O) groups excluding carboxylic acids is 2. The van der Waals surface area contributed by atoms with Gasteiger partial charge < -0.3 is 10.2 Å². The van der Waals surface area contributed by atoms with Gasteiger partial charge in [0.15, 0.2) is 0 Å². The number of benzodiazepines with no additional fused rings is 1. The summed E-state index contributed by atoms with van der Waals surface area (Å²) in [5, 5.41) is 3.73. The molecule has 1 N–H and O–H groups in total.